The molecule has 1 N–H and O–H groups in total. The fourth-order valence-electron chi connectivity index (χ4n) is 5.44. The van der Waals surface area contributed by atoms with Gasteiger partial charge in [0.25, 0.3) is 5.91 Å². The van der Waals surface area contributed by atoms with Crippen molar-refractivity contribution in [1.29, 1.82) is 0 Å². The third kappa shape index (κ3) is 6.86. The first-order chi connectivity index (χ1) is 16.3. The average Bonchev–Trinajstić information content (AvgIpc) is 3.20. The molecule has 0 spiro atoms. The van der Waals surface area contributed by atoms with Gasteiger partial charge in [-0.3, -0.25) is 4.79 Å². The highest BCUT2D eigenvalue weighted by atomic mass is 16.5. The summed E-state index contributed by atoms with van der Waals surface area (Å²) in [5.41, 5.74) is 1.04. The van der Waals surface area contributed by atoms with E-state index >= 15 is 0 Å². The number of amides is 1. The summed E-state index contributed by atoms with van der Waals surface area (Å²) in [4.78, 5) is 25.4. The van der Waals surface area contributed by atoms with E-state index in [0.29, 0.717) is 55.0 Å². The van der Waals surface area contributed by atoms with Crippen LogP contribution < -0.4 is 10.1 Å². The number of carbonyl (C=O) groups excluding carboxylic acids is 2. The van der Waals surface area contributed by atoms with E-state index in [2.05, 4.69) is 31.2 Å². The lowest BCUT2D eigenvalue weighted by atomic mass is 9.66. The molecule has 2 fully saturated rings. The van der Waals surface area contributed by atoms with Crippen molar-refractivity contribution in [3.8, 4) is 5.88 Å². The van der Waals surface area contributed by atoms with E-state index in [1.165, 1.54) is 38.5 Å². The summed E-state index contributed by atoms with van der Waals surface area (Å²) in [5.74, 6) is 2.48. The number of aromatic nitrogens is 2. The van der Waals surface area contributed by atoms with Gasteiger partial charge in [0.2, 0.25) is 5.88 Å². The van der Waals surface area contributed by atoms with Crippen molar-refractivity contribution in [2.45, 2.75) is 92.2 Å². The van der Waals surface area contributed by atoms with Gasteiger partial charge in [0.1, 0.15) is 5.56 Å². The number of rotatable bonds is 11. The van der Waals surface area contributed by atoms with Crippen molar-refractivity contribution in [2.75, 3.05) is 13.2 Å². The molecule has 1 aromatic rings. The smallest absolute Gasteiger partial charge is 0.333 e. The molecule has 0 aromatic carbocycles. The van der Waals surface area contributed by atoms with Gasteiger partial charge in [0, 0.05) is 11.6 Å². The fraction of sp³-hybridized carbons (Fsp3) is 0.741. The second kappa shape index (κ2) is 12.4. The summed E-state index contributed by atoms with van der Waals surface area (Å²) in [6.45, 7) is 11.1. The molecule has 1 amide bonds. The largest absolute Gasteiger partial charge is 0.477 e. The molecule has 3 rings (SSSR count). The molecular weight excluding hydrogens is 430 g/mol. The predicted molar refractivity (Wildman–Crippen MR) is 133 cm³/mol. The summed E-state index contributed by atoms with van der Waals surface area (Å²) in [5, 5.41) is 7.67. The molecule has 190 valence electrons. The molecule has 3 atom stereocenters. The van der Waals surface area contributed by atoms with E-state index in [4.69, 9.17) is 9.47 Å². The molecular formula is C27H43N3O4. The predicted octanol–water partition coefficient (Wildman–Crippen LogP) is 5.15. The number of nitrogens with one attached hydrogen (secondary N) is 1. The van der Waals surface area contributed by atoms with Crippen LogP contribution in [0.5, 0.6) is 5.88 Å². The zero-order chi connectivity index (χ0) is 24.7. The van der Waals surface area contributed by atoms with Crippen LogP contribution >= 0.6 is 0 Å². The Morgan fingerprint density at radius 1 is 1.18 bits per heavy atom. The Hall–Kier alpha value is -2.31. The van der Waals surface area contributed by atoms with Crippen LogP contribution in [0, 0.1) is 23.7 Å². The standard InChI is InChI=1S/C27H43N3O4/c1-6-22(27(32)33-7-2)11-12-30-26(34-17-18(3)4)24(16-28-30)25(31)29-19(5)23-14-20-9-8-10-21(13-20)15-23/h11,16,18-21,23H,6-10,12-15,17H2,1-5H3,(H,29,31)/b22-11+. The quantitative estimate of drug-likeness (QED) is 0.355. The van der Waals surface area contributed by atoms with Crippen LogP contribution in [0.15, 0.2) is 17.8 Å². The van der Waals surface area contributed by atoms with E-state index in [1.807, 2.05) is 6.92 Å². The van der Waals surface area contributed by atoms with Crippen LogP contribution in [0.2, 0.25) is 0 Å². The van der Waals surface area contributed by atoms with Gasteiger partial charge in [-0.15, -0.1) is 0 Å². The lowest BCUT2D eigenvalue weighted by molar-refractivity contribution is -0.138. The molecule has 0 radical (unpaired) electrons. The molecule has 2 bridgehead atoms. The number of fused-ring (bicyclic) bond motifs is 2. The Labute approximate surface area is 204 Å². The lowest BCUT2D eigenvalue weighted by Gasteiger charge is -2.41. The molecule has 34 heavy (non-hydrogen) atoms. The van der Waals surface area contributed by atoms with Crippen molar-refractivity contribution in [2.24, 2.45) is 23.7 Å². The Bertz CT molecular complexity index is 848. The van der Waals surface area contributed by atoms with Gasteiger partial charge < -0.3 is 14.8 Å². The van der Waals surface area contributed by atoms with Crippen LogP contribution in [-0.2, 0) is 16.1 Å². The van der Waals surface area contributed by atoms with Crippen LogP contribution in [0.3, 0.4) is 0 Å². The Balaban J connectivity index is 1.72. The van der Waals surface area contributed by atoms with Crippen molar-refractivity contribution in [3.05, 3.63) is 23.4 Å². The van der Waals surface area contributed by atoms with Gasteiger partial charge in [0.05, 0.1) is 26.0 Å². The van der Waals surface area contributed by atoms with Crippen molar-refractivity contribution >= 4 is 11.9 Å². The summed E-state index contributed by atoms with van der Waals surface area (Å²) in [6.07, 6.45) is 11.8. The minimum atomic E-state index is -0.314. The Kier molecular flexibility index (Phi) is 9.60. The van der Waals surface area contributed by atoms with Gasteiger partial charge in [-0.05, 0) is 63.2 Å². The first kappa shape index (κ1) is 26.3. The molecule has 1 heterocycles. The van der Waals surface area contributed by atoms with Crippen LogP contribution in [-0.4, -0.2) is 40.9 Å². The van der Waals surface area contributed by atoms with E-state index in [1.54, 1.807) is 23.9 Å². The van der Waals surface area contributed by atoms with Gasteiger partial charge >= 0.3 is 5.97 Å². The minimum absolute atomic E-state index is 0.118. The van der Waals surface area contributed by atoms with Crippen molar-refractivity contribution in [1.82, 2.24) is 15.1 Å². The number of ether oxygens (including phenoxy) is 2. The fourth-order valence-corrected chi connectivity index (χ4v) is 5.44. The number of allylic oxidation sites excluding steroid dienone is 1. The van der Waals surface area contributed by atoms with Gasteiger partial charge in [-0.2, -0.15) is 5.10 Å². The number of esters is 1. The Morgan fingerprint density at radius 2 is 1.88 bits per heavy atom. The number of hydrogen-bond donors (Lipinski definition) is 1. The lowest BCUT2D eigenvalue weighted by Crippen LogP contribution is -2.42. The third-order valence-electron chi connectivity index (χ3n) is 7.25. The molecule has 7 heteroatoms. The zero-order valence-corrected chi connectivity index (χ0v) is 21.6. The maximum atomic E-state index is 13.3. The van der Waals surface area contributed by atoms with Crippen LogP contribution in [0.25, 0.3) is 0 Å². The maximum Gasteiger partial charge on any atom is 0.333 e. The molecule has 2 aliphatic carbocycles. The van der Waals surface area contributed by atoms with Crippen molar-refractivity contribution in [3.63, 3.8) is 0 Å². The summed E-state index contributed by atoms with van der Waals surface area (Å²) in [7, 11) is 0. The van der Waals surface area contributed by atoms with E-state index in [-0.39, 0.29) is 17.9 Å². The number of carbonyl (C=O) groups is 2. The first-order valence-corrected chi connectivity index (χ1v) is 13.2. The third-order valence-corrected chi connectivity index (χ3v) is 7.25. The second-order valence-electron chi connectivity index (χ2n) is 10.4. The van der Waals surface area contributed by atoms with E-state index in [9.17, 15) is 9.59 Å². The van der Waals surface area contributed by atoms with Gasteiger partial charge in [-0.25, -0.2) is 9.48 Å². The highest BCUT2D eigenvalue weighted by Gasteiger charge is 2.35. The zero-order valence-electron chi connectivity index (χ0n) is 21.6. The average molecular weight is 474 g/mol. The highest BCUT2D eigenvalue weighted by molar-refractivity contribution is 5.96. The van der Waals surface area contributed by atoms with E-state index in [0.717, 1.165) is 11.8 Å². The van der Waals surface area contributed by atoms with Crippen molar-refractivity contribution < 1.29 is 19.1 Å². The summed E-state index contributed by atoms with van der Waals surface area (Å²) < 4.78 is 12.8. The molecule has 0 saturated heterocycles. The molecule has 7 nitrogen and oxygen atoms in total. The van der Waals surface area contributed by atoms with E-state index < -0.39 is 0 Å². The first-order valence-electron chi connectivity index (χ1n) is 13.2. The number of nitrogens with zero attached hydrogens (tertiary/aromatic N) is 2. The normalized spacial score (nSPS) is 23.5. The second-order valence-corrected chi connectivity index (χ2v) is 10.4. The van der Waals surface area contributed by atoms with Gasteiger partial charge in [-0.1, -0.05) is 46.1 Å². The minimum Gasteiger partial charge on any atom is -0.477 e. The maximum absolute atomic E-state index is 13.3. The Morgan fingerprint density at radius 3 is 2.50 bits per heavy atom. The summed E-state index contributed by atoms with van der Waals surface area (Å²) in [6, 6.07) is 0.118. The SMILES string of the molecule is CCOC(=O)/C(=C/Cn1ncc(C(=O)NC(C)C2CC3CCCC(C3)C2)c1OCC(C)C)CC. The molecule has 2 aliphatic rings. The van der Waals surface area contributed by atoms with Crippen LogP contribution in [0.4, 0.5) is 0 Å². The molecule has 1 aromatic heterocycles. The molecule has 3 unspecified atom stereocenters. The topological polar surface area (TPSA) is 82.5 Å². The highest BCUT2D eigenvalue weighted by Crippen LogP contribution is 2.43. The molecule has 0 aliphatic heterocycles. The summed E-state index contributed by atoms with van der Waals surface area (Å²) >= 11 is 0. The molecule has 2 saturated carbocycles. The number of hydrogen-bond acceptors (Lipinski definition) is 5. The monoisotopic (exact) mass is 473 g/mol. The van der Waals surface area contributed by atoms with Crippen LogP contribution in [0.1, 0.15) is 89.9 Å². The van der Waals surface area contributed by atoms with Gasteiger partial charge in [0.15, 0.2) is 0 Å².